The van der Waals surface area contributed by atoms with E-state index < -0.39 is 0 Å². The molecule has 0 aliphatic carbocycles. The number of piperidine rings is 1. The summed E-state index contributed by atoms with van der Waals surface area (Å²) in [5, 5.41) is 1.15. The van der Waals surface area contributed by atoms with Crippen LogP contribution in [0.1, 0.15) is 39.1 Å². The van der Waals surface area contributed by atoms with Crippen LogP contribution in [0.4, 0.5) is 0 Å². The number of pyridine rings is 1. The highest BCUT2D eigenvalue weighted by molar-refractivity contribution is 6.36. The lowest BCUT2D eigenvalue weighted by molar-refractivity contribution is 0.0690. The average molecular weight is 458 g/mol. The maximum absolute atomic E-state index is 13.2. The van der Waals surface area contributed by atoms with E-state index in [-0.39, 0.29) is 11.8 Å². The largest absolute Gasteiger partial charge is 0.339 e. The molecule has 1 aliphatic rings. The number of halogens is 1. The molecule has 4 aromatic rings. The molecule has 0 saturated carbocycles. The van der Waals surface area contributed by atoms with E-state index in [0.717, 1.165) is 37.7 Å². The first-order valence-electron chi connectivity index (χ1n) is 11.2. The topological polar surface area (TPSA) is 55.2 Å². The van der Waals surface area contributed by atoms with E-state index in [1.165, 1.54) is 16.3 Å². The van der Waals surface area contributed by atoms with Crippen molar-refractivity contribution in [2.24, 2.45) is 5.92 Å². The summed E-state index contributed by atoms with van der Waals surface area (Å²) >= 11 is 6.58. The van der Waals surface area contributed by atoms with Gasteiger partial charge < -0.3 is 4.90 Å². The number of hydrogen-bond donors (Lipinski definition) is 0. The van der Waals surface area contributed by atoms with E-state index in [2.05, 4.69) is 29.2 Å². The van der Waals surface area contributed by atoms with Crippen molar-refractivity contribution in [3.05, 3.63) is 101 Å². The van der Waals surface area contributed by atoms with Gasteiger partial charge in [0, 0.05) is 42.6 Å². The summed E-state index contributed by atoms with van der Waals surface area (Å²) in [5.74, 6) is 0.373. The SMILES string of the molecule is O=C(c1cc(Cl)c2c(ccn2C(=O)c2cccnc2)c1)N1CCC(Cc2ccccc2)CC1. The van der Waals surface area contributed by atoms with Crippen molar-refractivity contribution in [3.63, 3.8) is 0 Å². The number of hydrogen-bond acceptors (Lipinski definition) is 3. The summed E-state index contributed by atoms with van der Waals surface area (Å²) in [7, 11) is 0. The number of benzene rings is 2. The van der Waals surface area contributed by atoms with Crippen LogP contribution in [0.3, 0.4) is 0 Å². The minimum absolute atomic E-state index is 0.0108. The van der Waals surface area contributed by atoms with Gasteiger partial charge in [-0.1, -0.05) is 41.9 Å². The minimum atomic E-state index is -0.209. The second-order valence-electron chi connectivity index (χ2n) is 8.55. The molecule has 5 nitrogen and oxygen atoms in total. The Morgan fingerprint density at radius 3 is 2.45 bits per heavy atom. The van der Waals surface area contributed by atoms with Gasteiger partial charge in [-0.3, -0.25) is 19.1 Å². The summed E-state index contributed by atoms with van der Waals surface area (Å²) in [6, 6.07) is 19.3. The van der Waals surface area contributed by atoms with Gasteiger partial charge in [0.2, 0.25) is 0 Å². The zero-order valence-corrected chi connectivity index (χ0v) is 18.9. The van der Waals surface area contributed by atoms with E-state index in [0.29, 0.717) is 27.6 Å². The summed E-state index contributed by atoms with van der Waals surface area (Å²) < 4.78 is 1.51. The molecule has 1 saturated heterocycles. The molecule has 1 fully saturated rings. The molecule has 0 atom stereocenters. The van der Waals surface area contributed by atoms with Crippen LogP contribution in [0.5, 0.6) is 0 Å². The van der Waals surface area contributed by atoms with Crippen LogP contribution >= 0.6 is 11.6 Å². The van der Waals surface area contributed by atoms with Crippen molar-refractivity contribution < 1.29 is 9.59 Å². The first-order valence-corrected chi connectivity index (χ1v) is 11.6. The van der Waals surface area contributed by atoms with Crippen LogP contribution < -0.4 is 0 Å². The van der Waals surface area contributed by atoms with Crippen molar-refractivity contribution in [1.29, 1.82) is 0 Å². The lowest BCUT2D eigenvalue weighted by Gasteiger charge is -2.32. The first kappa shape index (κ1) is 21.4. The van der Waals surface area contributed by atoms with E-state index >= 15 is 0 Å². The van der Waals surface area contributed by atoms with Gasteiger partial charge in [0.1, 0.15) is 0 Å². The summed E-state index contributed by atoms with van der Waals surface area (Å²) in [6.45, 7) is 1.49. The number of carbonyl (C=O) groups is 2. The third-order valence-corrected chi connectivity index (χ3v) is 6.67. The number of nitrogens with zero attached hydrogens (tertiary/aromatic N) is 3. The molecule has 0 unspecified atom stereocenters. The molecule has 3 heterocycles. The Labute approximate surface area is 197 Å². The van der Waals surface area contributed by atoms with Crippen LogP contribution in [0.15, 0.2) is 79.3 Å². The summed E-state index contributed by atoms with van der Waals surface area (Å²) in [4.78, 5) is 32.0. The fraction of sp³-hybridized carbons (Fsp3) is 0.222. The molecule has 5 rings (SSSR count). The maximum Gasteiger partial charge on any atom is 0.263 e. The van der Waals surface area contributed by atoms with Gasteiger partial charge in [0.05, 0.1) is 16.1 Å². The zero-order valence-electron chi connectivity index (χ0n) is 18.2. The summed E-state index contributed by atoms with van der Waals surface area (Å²) in [5.41, 5.74) is 2.98. The molecule has 6 heteroatoms. The van der Waals surface area contributed by atoms with E-state index in [9.17, 15) is 9.59 Å². The Morgan fingerprint density at radius 2 is 1.73 bits per heavy atom. The second kappa shape index (κ2) is 9.20. The monoisotopic (exact) mass is 457 g/mol. The summed E-state index contributed by atoms with van der Waals surface area (Å²) in [6.07, 6.45) is 7.88. The smallest absolute Gasteiger partial charge is 0.263 e. The standard InChI is InChI=1S/C27H24ClN3O2/c28-24-17-23(16-21-10-14-31(25(21)24)27(33)22-7-4-11-29-18-22)26(32)30-12-8-20(9-13-30)15-19-5-2-1-3-6-19/h1-7,10-11,14,16-18,20H,8-9,12-13,15H2. The fourth-order valence-electron chi connectivity index (χ4n) is 4.62. The van der Waals surface area contributed by atoms with Gasteiger partial charge in [-0.15, -0.1) is 0 Å². The van der Waals surface area contributed by atoms with Gasteiger partial charge in [0.15, 0.2) is 0 Å². The highest BCUT2D eigenvalue weighted by Gasteiger charge is 2.25. The molecule has 0 N–H and O–H groups in total. The third-order valence-electron chi connectivity index (χ3n) is 6.38. The Morgan fingerprint density at radius 1 is 0.939 bits per heavy atom. The van der Waals surface area contributed by atoms with Crippen molar-refractivity contribution in [1.82, 2.24) is 14.5 Å². The minimum Gasteiger partial charge on any atom is -0.339 e. The molecule has 1 aliphatic heterocycles. The number of likely N-dealkylation sites (tertiary alicyclic amines) is 1. The molecule has 2 aromatic carbocycles. The van der Waals surface area contributed by atoms with Crippen LogP contribution in [0.25, 0.3) is 10.9 Å². The van der Waals surface area contributed by atoms with Gasteiger partial charge >= 0.3 is 0 Å². The second-order valence-corrected chi connectivity index (χ2v) is 8.96. The number of fused-ring (bicyclic) bond motifs is 1. The molecular formula is C27H24ClN3O2. The van der Waals surface area contributed by atoms with E-state index in [4.69, 9.17) is 11.6 Å². The number of amides is 1. The third kappa shape index (κ3) is 4.41. The van der Waals surface area contributed by atoms with Gasteiger partial charge in [-0.2, -0.15) is 0 Å². The average Bonchev–Trinajstić information content (AvgIpc) is 3.29. The molecule has 166 valence electrons. The Kier molecular flexibility index (Phi) is 5.97. The van der Waals surface area contributed by atoms with Gasteiger partial charge in [-0.05, 0) is 61.1 Å². The van der Waals surface area contributed by atoms with E-state index in [1.807, 2.05) is 23.1 Å². The molecule has 2 aromatic heterocycles. The maximum atomic E-state index is 13.2. The van der Waals surface area contributed by atoms with Gasteiger partial charge in [-0.25, -0.2) is 0 Å². The highest BCUT2D eigenvalue weighted by Crippen LogP contribution is 2.29. The molecule has 1 amide bonds. The lowest BCUT2D eigenvalue weighted by Crippen LogP contribution is -2.38. The predicted octanol–water partition coefficient (Wildman–Crippen LogP) is 5.47. The van der Waals surface area contributed by atoms with Crippen LogP contribution in [0, 0.1) is 5.92 Å². The molecule has 0 bridgehead atoms. The molecule has 33 heavy (non-hydrogen) atoms. The number of aromatic nitrogens is 2. The molecular weight excluding hydrogens is 434 g/mol. The van der Waals surface area contributed by atoms with Crippen molar-refractivity contribution in [3.8, 4) is 0 Å². The van der Waals surface area contributed by atoms with Crippen molar-refractivity contribution >= 4 is 34.3 Å². The van der Waals surface area contributed by atoms with E-state index in [1.54, 1.807) is 30.6 Å². The van der Waals surface area contributed by atoms with Crippen LogP contribution in [0.2, 0.25) is 5.02 Å². The van der Waals surface area contributed by atoms with Gasteiger partial charge in [0.25, 0.3) is 11.8 Å². The lowest BCUT2D eigenvalue weighted by atomic mass is 9.90. The molecule has 0 radical (unpaired) electrons. The zero-order chi connectivity index (χ0) is 22.8. The Balaban J connectivity index is 1.31. The Hall–Kier alpha value is -3.44. The molecule has 0 spiro atoms. The number of carbonyl (C=O) groups excluding carboxylic acids is 2. The van der Waals surface area contributed by atoms with Crippen molar-refractivity contribution in [2.45, 2.75) is 19.3 Å². The van der Waals surface area contributed by atoms with Crippen LogP contribution in [-0.2, 0) is 6.42 Å². The first-order chi connectivity index (χ1) is 16.1. The fourth-order valence-corrected chi connectivity index (χ4v) is 4.94. The highest BCUT2D eigenvalue weighted by atomic mass is 35.5. The quantitative estimate of drug-likeness (QED) is 0.408. The normalized spacial score (nSPS) is 14.5. The Bertz CT molecular complexity index is 1290. The van der Waals surface area contributed by atoms with Crippen molar-refractivity contribution in [2.75, 3.05) is 13.1 Å². The number of rotatable bonds is 4. The van der Waals surface area contributed by atoms with Crippen LogP contribution in [-0.4, -0.2) is 39.4 Å². The predicted molar refractivity (Wildman–Crippen MR) is 130 cm³/mol.